The summed E-state index contributed by atoms with van der Waals surface area (Å²) in [7, 11) is 3.24. The van der Waals surface area contributed by atoms with Crippen LogP contribution in [0.2, 0.25) is 0 Å². The van der Waals surface area contributed by atoms with Gasteiger partial charge in [0.05, 0.1) is 20.1 Å². The lowest BCUT2D eigenvalue weighted by Crippen LogP contribution is -2.36. The summed E-state index contributed by atoms with van der Waals surface area (Å²) in [6, 6.07) is 7.51. The molecule has 1 N–H and O–H groups in total. The van der Waals surface area contributed by atoms with Crippen molar-refractivity contribution in [1.29, 1.82) is 0 Å². The summed E-state index contributed by atoms with van der Waals surface area (Å²) >= 11 is 0. The van der Waals surface area contributed by atoms with Crippen molar-refractivity contribution in [2.75, 3.05) is 20.8 Å². The molecule has 0 fully saturated rings. The molecule has 0 saturated carbocycles. The lowest BCUT2D eigenvalue weighted by Gasteiger charge is -2.12. The van der Waals surface area contributed by atoms with Gasteiger partial charge in [-0.1, -0.05) is 12.1 Å². The summed E-state index contributed by atoms with van der Waals surface area (Å²) in [4.78, 5) is 11.7. The number of rotatable bonds is 6. The van der Waals surface area contributed by atoms with Gasteiger partial charge >= 0.3 is 0 Å². The zero-order valence-electron chi connectivity index (χ0n) is 10.5. The van der Waals surface area contributed by atoms with Gasteiger partial charge < -0.3 is 14.8 Å². The maximum Gasteiger partial charge on any atom is 0.224 e. The Morgan fingerprint density at radius 1 is 1.29 bits per heavy atom. The number of carbonyl (C=O) groups is 1. The molecule has 1 rings (SSSR count). The SMILES string of the molecule is COC[C@@H](C)NC(=O)Cc1ccc(OC)cc1. The number of carbonyl (C=O) groups excluding carboxylic acids is 1. The Balaban J connectivity index is 2.44. The molecule has 4 nitrogen and oxygen atoms in total. The predicted molar refractivity (Wildman–Crippen MR) is 66.2 cm³/mol. The third kappa shape index (κ3) is 4.87. The molecule has 0 spiro atoms. The average Bonchev–Trinajstić information content (AvgIpc) is 2.30. The highest BCUT2D eigenvalue weighted by Gasteiger charge is 2.07. The summed E-state index contributed by atoms with van der Waals surface area (Å²) < 4.78 is 10.0. The minimum Gasteiger partial charge on any atom is -0.497 e. The molecule has 0 aliphatic rings. The number of methoxy groups -OCH3 is 2. The Morgan fingerprint density at radius 3 is 2.47 bits per heavy atom. The van der Waals surface area contributed by atoms with Gasteiger partial charge in [-0.15, -0.1) is 0 Å². The van der Waals surface area contributed by atoms with Gasteiger partial charge in [0.2, 0.25) is 5.91 Å². The Labute approximate surface area is 102 Å². The van der Waals surface area contributed by atoms with E-state index in [9.17, 15) is 4.79 Å². The molecule has 1 amide bonds. The second kappa shape index (κ2) is 6.91. The van der Waals surface area contributed by atoms with Gasteiger partial charge in [0.1, 0.15) is 5.75 Å². The molecule has 0 aromatic heterocycles. The quantitative estimate of drug-likeness (QED) is 0.813. The highest BCUT2D eigenvalue weighted by atomic mass is 16.5. The van der Waals surface area contributed by atoms with Crippen LogP contribution in [0.25, 0.3) is 0 Å². The summed E-state index contributed by atoms with van der Waals surface area (Å²) in [5, 5.41) is 2.86. The van der Waals surface area contributed by atoms with Gasteiger partial charge in [-0.2, -0.15) is 0 Å². The van der Waals surface area contributed by atoms with Gasteiger partial charge in [0, 0.05) is 13.2 Å². The minimum absolute atomic E-state index is 0.000262. The van der Waals surface area contributed by atoms with Crippen LogP contribution >= 0.6 is 0 Å². The maximum atomic E-state index is 11.7. The monoisotopic (exact) mass is 237 g/mol. The van der Waals surface area contributed by atoms with Crippen LogP contribution in [0.4, 0.5) is 0 Å². The minimum atomic E-state index is -0.000262. The van der Waals surface area contributed by atoms with E-state index in [0.717, 1.165) is 11.3 Å². The van der Waals surface area contributed by atoms with Gasteiger partial charge in [-0.25, -0.2) is 0 Å². The van der Waals surface area contributed by atoms with Crippen LogP contribution in [0.1, 0.15) is 12.5 Å². The van der Waals surface area contributed by atoms with E-state index in [-0.39, 0.29) is 11.9 Å². The number of benzene rings is 1. The molecular formula is C13H19NO3. The molecule has 1 aromatic carbocycles. The molecule has 0 aliphatic heterocycles. The van der Waals surface area contributed by atoms with Gasteiger partial charge in [0.25, 0.3) is 0 Å². The van der Waals surface area contributed by atoms with Crippen molar-refractivity contribution in [3.05, 3.63) is 29.8 Å². The van der Waals surface area contributed by atoms with Crippen molar-refractivity contribution in [2.24, 2.45) is 0 Å². The molecular weight excluding hydrogens is 218 g/mol. The standard InChI is InChI=1S/C13H19NO3/c1-10(9-16-2)14-13(15)8-11-4-6-12(17-3)7-5-11/h4-7,10H,8-9H2,1-3H3,(H,14,15)/t10-/m1/s1. The molecule has 0 radical (unpaired) electrons. The van der Waals surface area contributed by atoms with E-state index < -0.39 is 0 Å². The van der Waals surface area contributed by atoms with Gasteiger partial charge in [-0.05, 0) is 24.6 Å². The lowest BCUT2D eigenvalue weighted by molar-refractivity contribution is -0.121. The first-order chi connectivity index (χ1) is 8.15. The van der Waals surface area contributed by atoms with E-state index in [2.05, 4.69) is 5.32 Å². The van der Waals surface area contributed by atoms with Crippen molar-refractivity contribution >= 4 is 5.91 Å². The van der Waals surface area contributed by atoms with E-state index in [0.29, 0.717) is 13.0 Å². The van der Waals surface area contributed by atoms with Gasteiger partial charge in [0.15, 0.2) is 0 Å². The molecule has 0 bridgehead atoms. The first-order valence-corrected chi connectivity index (χ1v) is 5.57. The zero-order valence-corrected chi connectivity index (χ0v) is 10.5. The molecule has 4 heteroatoms. The number of ether oxygens (including phenoxy) is 2. The molecule has 17 heavy (non-hydrogen) atoms. The van der Waals surface area contributed by atoms with Crippen molar-refractivity contribution in [3.8, 4) is 5.75 Å². The zero-order chi connectivity index (χ0) is 12.7. The number of amides is 1. The molecule has 1 atom stereocenters. The Kier molecular flexibility index (Phi) is 5.49. The van der Waals surface area contributed by atoms with Crippen LogP contribution in [0.5, 0.6) is 5.75 Å². The smallest absolute Gasteiger partial charge is 0.224 e. The van der Waals surface area contributed by atoms with Crippen molar-refractivity contribution in [1.82, 2.24) is 5.32 Å². The van der Waals surface area contributed by atoms with E-state index in [4.69, 9.17) is 9.47 Å². The normalized spacial score (nSPS) is 11.9. The Bertz CT molecular complexity index is 348. The molecule has 0 saturated heterocycles. The molecule has 0 aliphatic carbocycles. The number of nitrogens with one attached hydrogen (secondary N) is 1. The predicted octanol–water partition coefficient (Wildman–Crippen LogP) is 1.39. The van der Waals surface area contributed by atoms with Crippen LogP contribution in [0, 0.1) is 0 Å². The summed E-state index contributed by atoms with van der Waals surface area (Å²) in [6.45, 7) is 2.43. The van der Waals surface area contributed by atoms with Crippen LogP contribution in [0.15, 0.2) is 24.3 Å². The van der Waals surface area contributed by atoms with Crippen LogP contribution in [0.3, 0.4) is 0 Å². The summed E-state index contributed by atoms with van der Waals surface area (Å²) in [6.07, 6.45) is 0.373. The fraction of sp³-hybridized carbons (Fsp3) is 0.462. The summed E-state index contributed by atoms with van der Waals surface area (Å²) in [5.41, 5.74) is 0.966. The first-order valence-electron chi connectivity index (χ1n) is 5.57. The van der Waals surface area contributed by atoms with Crippen LogP contribution in [-0.2, 0) is 16.0 Å². The third-order valence-corrected chi connectivity index (χ3v) is 2.35. The van der Waals surface area contributed by atoms with E-state index in [1.807, 2.05) is 31.2 Å². The first kappa shape index (κ1) is 13.5. The lowest BCUT2D eigenvalue weighted by atomic mass is 10.1. The van der Waals surface area contributed by atoms with Crippen LogP contribution in [-0.4, -0.2) is 32.8 Å². The average molecular weight is 237 g/mol. The topological polar surface area (TPSA) is 47.6 Å². The van der Waals surface area contributed by atoms with Crippen molar-refractivity contribution in [2.45, 2.75) is 19.4 Å². The third-order valence-electron chi connectivity index (χ3n) is 2.35. The van der Waals surface area contributed by atoms with Crippen molar-refractivity contribution < 1.29 is 14.3 Å². The fourth-order valence-corrected chi connectivity index (χ4v) is 1.55. The molecule has 1 aromatic rings. The van der Waals surface area contributed by atoms with E-state index in [1.54, 1.807) is 14.2 Å². The maximum absolute atomic E-state index is 11.7. The number of hydrogen-bond donors (Lipinski definition) is 1. The molecule has 0 unspecified atom stereocenters. The van der Waals surface area contributed by atoms with Crippen molar-refractivity contribution in [3.63, 3.8) is 0 Å². The van der Waals surface area contributed by atoms with Gasteiger partial charge in [-0.3, -0.25) is 4.79 Å². The van der Waals surface area contributed by atoms with E-state index >= 15 is 0 Å². The Morgan fingerprint density at radius 2 is 1.94 bits per heavy atom. The highest BCUT2D eigenvalue weighted by Crippen LogP contribution is 2.11. The van der Waals surface area contributed by atoms with Crippen LogP contribution < -0.4 is 10.1 Å². The second-order valence-corrected chi connectivity index (χ2v) is 3.95. The molecule has 0 heterocycles. The number of hydrogen-bond acceptors (Lipinski definition) is 3. The Hall–Kier alpha value is -1.55. The second-order valence-electron chi connectivity index (χ2n) is 3.95. The highest BCUT2D eigenvalue weighted by molar-refractivity contribution is 5.78. The fourth-order valence-electron chi connectivity index (χ4n) is 1.55. The largest absolute Gasteiger partial charge is 0.497 e. The van der Waals surface area contributed by atoms with E-state index in [1.165, 1.54) is 0 Å². The molecule has 94 valence electrons. The summed E-state index contributed by atoms with van der Waals surface area (Å²) in [5.74, 6) is 0.793.